The fraction of sp³-hybridized carbons (Fsp3) is 0.444. The van der Waals surface area contributed by atoms with Crippen molar-refractivity contribution in [1.29, 1.82) is 0 Å². The second-order valence-electron chi connectivity index (χ2n) is 10.6. The van der Waals surface area contributed by atoms with E-state index in [0.717, 1.165) is 0 Å². The fourth-order valence-corrected chi connectivity index (χ4v) is 3.99. The Morgan fingerprint density at radius 1 is 0.914 bits per heavy atom. The molecule has 8 heteroatoms. The Hall–Kier alpha value is -3.42. The van der Waals surface area contributed by atoms with Crippen LogP contribution in [-0.2, 0) is 14.3 Å². The maximum absolute atomic E-state index is 14.6. The Morgan fingerprint density at radius 3 is 2.09 bits per heavy atom. The monoisotopic (exact) mass is 484 g/mol. The second kappa shape index (κ2) is 10.1. The van der Waals surface area contributed by atoms with Crippen LogP contribution in [-0.4, -0.2) is 46.7 Å². The van der Waals surface area contributed by atoms with Crippen molar-refractivity contribution in [3.8, 4) is 0 Å². The number of esters is 1. The molecule has 188 valence electrons. The first-order chi connectivity index (χ1) is 16.2. The molecule has 0 aromatic heterocycles. The third-order valence-corrected chi connectivity index (χ3v) is 5.39. The van der Waals surface area contributed by atoms with Gasteiger partial charge in [0.1, 0.15) is 23.1 Å². The number of nitrogens with one attached hydrogen (secondary N) is 1. The van der Waals surface area contributed by atoms with Crippen molar-refractivity contribution in [3.05, 3.63) is 65.5 Å². The molecular formula is C27H33FN2O5. The first kappa shape index (κ1) is 26.2. The SMILES string of the molecule is CC(C)(C)OC(=O)c1ccc(NC(=O)[C@@H]2[C@@H](c3ccccc3F)CCN2C(=O)OC(C)(C)C)cc1. The number of nitrogens with zero attached hydrogens (tertiary/aromatic N) is 1. The molecule has 1 fully saturated rings. The lowest BCUT2D eigenvalue weighted by molar-refractivity contribution is -0.120. The summed E-state index contributed by atoms with van der Waals surface area (Å²) in [5.41, 5.74) is -0.214. The molecule has 0 unspecified atom stereocenters. The molecular weight excluding hydrogens is 451 g/mol. The molecule has 7 nitrogen and oxygen atoms in total. The fourth-order valence-electron chi connectivity index (χ4n) is 3.99. The molecule has 35 heavy (non-hydrogen) atoms. The molecule has 3 rings (SSSR count). The molecule has 0 saturated carbocycles. The van der Waals surface area contributed by atoms with Crippen molar-refractivity contribution in [2.24, 2.45) is 0 Å². The second-order valence-corrected chi connectivity index (χ2v) is 10.6. The van der Waals surface area contributed by atoms with Gasteiger partial charge in [0.25, 0.3) is 0 Å². The van der Waals surface area contributed by atoms with Crippen molar-refractivity contribution in [2.45, 2.75) is 71.1 Å². The van der Waals surface area contributed by atoms with E-state index in [1.165, 1.54) is 11.0 Å². The van der Waals surface area contributed by atoms with Gasteiger partial charge in [0.2, 0.25) is 5.91 Å². The standard InChI is InChI=1S/C27H33FN2O5/c1-26(2,3)34-24(32)17-11-13-18(14-12-17)29-23(31)22-20(19-9-7-8-10-21(19)28)15-16-30(22)25(33)35-27(4,5)6/h7-14,20,22H,15-16H2,1-6H3,(H,29,31)/t20-,22+/m1/s1. The van der Waals surface area contributed by atoms with Crippen LogP contribution in [0.25, 0.3) is 0 Å². The molecule has 0 bridgehead atoms. The van der Waals surface area contributed by atoms with E-state index in [4.69, 9.17) is 9.47 Å². The van der Waals surface area contributed by atoms with Crippen LogP contribution in [0, 0.1) is 5.82 Å². The Kier molecular flexibility index (Phi) is 7.53. The molecule has 1 saturated heterocycles. The summed E-state index contributed by atoms with van der Waals surface area (Å²) in [5.74, 6) is -1.90. The van der Waals surface area contributed by atoms with Gasteiger partial charge in [-0.2, -0.15) is 0 Å². The number of likely N-dealkylation sites (tertiary alicyclic amines) is 1. The minimum absolute atomic E-state index is 0.254. The largest absolute Gasteiger partial charge is 0.456 e. The van der Waals surface area contributed by atoms with E-state index in [-0.39, 0.29) is 6.54 Å². The summed E-state index contributed by atoms with van der Waals surface area (Å²) in [6.45, 7) is 10.8. The minimum atomic E-state index is -0.965. The Bertz CT molecular complexity index is 1090. The number of rotatable bonds is 4. The minimum Gasteiger partial charge on any atom is -0.456 e. The molecule has 1 N–H and O–H groups in total. The van der Waals surface area contributed by atoms with Gasteiger partial charge in [0.15, 0.2) is 0 Å². The van der Waals surface area contributed by atoms with Crippen LogP contribution in [0.1, 0.15) is 69.8 Å². The Balaban J connectivity index is 1.84. The average molecular weight is 485 g/mol. The van der Waals surface area contributed by atoms with Crippen LogP contribution >= 0.6 is 0 Å². The van der Waals surface area contributed by atoms with Gasteiger partial charge >= 0.3 is 12.1 Å². The molecule has 1 aliphatic rings. The number of benzene rings is 2. The molecule has 0 aliphatic carbocycles. The lowest BCUT2D eigenvalue weighted by atomic mass is 9.90. The van der Waals surface area contributed by atoms with Crippen LogP contribution in [0.15, 0.2) is 48.5 Å². The maximum Gasteiger partial charge on any atom is 0.410 e. The molecule has 2 atom stereocenters. The number of hydrogen-bond donors (Lipinski definition) is 1. The molecule has 2 aromatic rings. The van der Waals surface area contributed by atoms with E-state index < -0.39 is 46.9 Å². The first-order valence-electron chi connectivity index (χ1n) is 11.6. The Labute approximate surface area is 205 Å². The van der Waals surface area contributed by atoms with E-state index in [1.807, 2.05) is 0 Å². The highest BCUT2D eigenvalue weighted by molar-refractivity contribution is 5.98. The predicted molar refractivity (Wildman–Crippen MR) is 131 cm³/mol. The van der Waals surface area contributed by atoms with Crippen molar-refractivity contribution in [3.63, 3.8) is 0 Å². The van der Waals surface area contributed by atoms with Gasteiger partial charge in [-0.3, -0.25) is 9.69 Å². The number of hydrogen-bond acceptors (Lipinski definition) is 5. The number of ether oxygens (including phenoxy) is 2. The van der Waals surface area contributed by atoms with E-state index in [1.54, 1.807) is 84.0 Å². The van der Waals surface area contributed by atoms with Gasteiger partial charge < -0.3 is 14.8 Å². The smallest absolute Gasteiger partial charge is 0.410 e. The van der Waals surface area contributed by atoms with Gasteiger partial charge in [-0.05, 0) is 83.9 Å². The third kappa shape index (κ3) is 6.81. The van der Waals surface area contributed by atoms with E-state index >= 15 is 0 Å². The summed E-state index contributed by atoms with van der Waals surface area (Å²) < 4.78 is 25.5. The summed E-state index contributed by atoms with van der Waals surface area (Å²) in [6.07, 6.45) is -0.215. The molecule has 0 spiro atoms. The number of anilines is 1. The van der Waals surface area contributed by atoms with E-state index in [9.17, 15) is 18.8 Å². The average Bonchev–Trinajstić information content (AvgIpc) is 3.17. The van der Waals surface area contributed by atoms with E-state index in [0.29, 0.717) is 23.2 Å². The maximum atomic E-state index is 14.6. The van der Waals surface area contributed by atoms with Crippen LogP contribution in [0.5, 0.6) is 0 Å². The van der Waals surface area contributed by atoms with Gasteiger partial charge in [-0.15, -0.1) is 0 Å². The first-order valence-corrected chi connectivity index (χ1v) is 11.6. The van der Waals surface area contributed by atoms with Gasteiger partial charge in [-0.25, -0.2) is 14.0 Å². The lowest BCUT2D eigenvalue weighted by Gasteiger charge is -2.30. The van der Waals surface area contributed by atoms with Crippen molar-refractivity contribution < 1.29 is 28.2 Å². The summed E-state index contributed by atoms with van der Waals surface area (Å²) in [5, 5.41) is 2.80. The summed E-state index contributed by atoms with van der Waals surface area (Å²) in [4.78, 5) is 39.9. The lowest BCUT2D eigenvalue weighted by Crippen LogP contribution is -2.47. The number of carbonyl (C=O) groups is 3. The highest BCUT2D eigenvalue weighted by Gasteiger charge is 2.45. The molecule has 1 aliphatic heterocycles. The summed E-state index contributed by atoms with van der Waals surface area (Å²) in [6, 6.07) is 11.6. The van der Waals surface area contributed by atoms with Gasteiger partial charge in [0, 0.05) is 18.2 Å². The van der Waals surface area contributed by atoms with Crippen molar-refractivity contribution >= 4 is 23.7 Å². The zero-order valence-corrected chi connectivity index (χ0v) is 21.1. The van der Waals surface area contributed by atoms with Crippen molar-refractivity contribution in [2.75, 3.05) is 11.9 Å². The van der Waals surface area contributed by atoms with Crippen LogP contribution in [0.2, 0.25) is 0 Å². The molecule has 2 aromatic carbocycles. The van der Waals surface area contributed by atoms with Crippen LogP contribution < -0.4 is 5.32 Å². The summed E-state index contributed by atoms with van der Waals surface area (Å²) in [7, 11) is 0. The quantitative estimate of drug-likeness (QED) is 0.578. The molecule has 1 heterocycles. The number of carbonyl (C=O) groups excluding carboxylic acids is 3. The highest BCUT2D eigenvalue weighted by Crippen LogP contribution is 2.36. The van der Waals surface area contributed by atoms with Crippen LogP contribution in [0.4, 0.5) is 14.9 Å². The number of amides is 2. The van der Waals surface area contributed by atoms with Gasteiger partial charge in [-0.1, -0.05) is 18.2 Å². The summed E-state index contributed by atoms with van der Waals surface area (Å²) >= 11 is 0. The highest BCUT2D eigenvalue weighted by atomic mass is 19.1. The molecule has 2 amide bonds. The normalized spacial score (nSPS) is 18.2. The van der Waals surface area contributed by atoms with Gasteiger partial charge in [0.05, 0.1) is 5.56 Å². The molecule has 0 radical (unpaired) electrons. The third-order valence-electron chi connectivity index (χ3n) is 5.39. The topological polar surface area (TPSA) is 84.9 Å². The van der Waals surface area contributed by atoms with E-state index in [2.05, 4.69) is 5.32 Å². The zero-order valence-electron chi connectivity index (χ0n) is 21.1. The Morgan fingerprint density at radius 2 is 1.51 bits per heavy atom. The predicted octanol–water partition coefficient (Wildman–Crippen LogP) is 5.51. The number of halogens is 1. The van der Waals surface area contributed by atoms with Crippen molar-refractivity contribution in [1.82, 2.24) is 4.90 Å². The zero-order chi connectivity index (χ0) is 26.0. The van der Waals surface area contributed by atoms with Crippen LogP contribution in [0.3, 0.4) is 0 Å².